The molecule has 0 saturated carbocycles. The smallest absolute Gasteiger partial charge is 0.253 e. The van der Waals surface area contributed by atoms with Crippen LogP contribution in [0, 0.1) is 5.92 Å². The lowest BCUT2D eigenvalue weighted by atomic mass is 10.0. The van der Waals surface area contributed by atoms with E-state index in [0.29, 0.717) is 24.2 Å². The van der Waals surface area contributed by atoms with Crippen LogP contribution in [-0.4, -0.2) is 65.3 Å². The Labute approximate surface area is 245 Å². The average molecular weight is 587 g/mol. The Kier molecular flexibility index (Phi) is 7.63. The number of carbonyl (C=O) groups excluding carboxylic acids is 1. The van der Waals surface area contributed by atoms with E-state index in [1.165, 1.54) is 12.3 Å². The minimum Gasteiger partial charge on any atom is -0.372 e. The molecular weight excluding hydrogens is 552 g/mol. The van der Waals surface area contributed by atoms with Gasteiger partial charge in [0.15, 0.2) is 9.84 Å². The predicted molar refractivity (Wildman–Crippen MR) is 160 cm³/mol. The molecule has 4 aromatic rings. The zero-order valence-corrected chi connectivity index (χ0v) is 24.8. The highest BCUT2D eigenvalue weighted by Crippen LogP contribution is 2.27. The van der Waals surface area contributed by atoms with E-state index in [2.05, 4.69) is 34.0 Å². The van der Waals surface area contributed by atoms with Crippen LogP contribution in [-0.2, 0) is 27.5 Å². The van der Waals surface area contributed by atoms with Crippen LogP contribution in [0.3, 0.4) is 0 Å². The Balaban J connectivity index is 1.19. The van der Waals surface area contributed by atoms with Crippen molar-refractivity contribution < 1.29 is 17.9 Å². The molecule has 2 aliphatic rings. The molecule has 218 valence electrons. The highest BCUT2D eigenvalue weighted by molar-refractivity contribution is 7.91. The van der Waals surface area contributed by atoms with Crippen molar-refractivity contribution in [1.82, 2.24) is 25.3 Å². The highest BCUT2D eigenvalue weighted by atomic mass is 32.2. The van der Waals surface area contributed by atoms with Crippen LogP contribution in [0.1, 0.15) is 48.9 Å². The molecule has 1 unspecified atom stereocenters. The van der Waals surface area contributed by atoms with Gasteiger partial charge < -0.3 is 15.0 Å². The number of sulfone groups is 1. The van der Waals surface area contributed by atoms with Crippen molar-refractivity contribution in [3.63, 3.8) is 0 Å². The molecule has 0 radical (unpaired) electrons. The van der Waals surface area contributed by atoms with Crippen LogP contribution >= 0.6 is 0 Å². The molecular formula is C31H34N6O4S. The number of hydrogen-bond acceptors (Lipinski definition) is 9. The molecule has 0 spiro atoms. The maximum Gasteiger partial charge on any atom is 0.253 e. The van der Waals surface area contributed by atoms with Crippen LogP contribution in [0.15, 0.2) is 59.8 Å². The van der Waals surface area contributed by atoms with Gasteiger partial charge in [-0.2, -0.15) is 0 Å². The Hall–Kier alpha value is -3.96. The molecule has 10 nitrogen and oxygen atoms in total. The summed E-state index contributed by atoms with van der Waals surface area (Å²) >= 11 is 0. The molecule has 4 aromatic heterocycles. The van der Waals surface area contributed by atoms with E-state index in [-0.39, 0.29) is 40.9 Å². The summed E-state index contributed by atoms with van der Waals surface area (Å²) in [6.45, 7) is 7.87. The van der Waals surface area contributed by atoms with Crippen LogP contribution in [0.25, 0.3) is 22.3 Å². The van der Waals surface area contributed by atoms with Gasteiger partial charge in [0.25, 0.3) is 5.91 Å². The van der Waals surface area contributed by atoms with Gasteiger partial charge in [-0.25, -0.2) is 18.4 Å². The number of rotatable bonds is 5. The lowest BCUT2D eigenvalue weighted by molar-refractivity contribution is -0.00545. The highest BCUT2D eigenvalue weighted by Gasteiger charge is 2.27. The van der Waals surface area contributed by atoms with E-state index < -0.39 is 15.7 Å². The lowest BCUT2D eigenvalue weighted by Gasteiger charge is -2.36. The van der Waals surface area contributed by atoms with E-state index in [4.69, 9.17) is 14.7 Å². The van der Waals surface area contributed by atoms with Crippen molar-refractivity contribution in [1.29, 1.82) is 0 Å². The number of aromatic nitrogens is 4. The summed E-state index contributed by atoms with van der Waals surface area (Å²) in [7, 11) is -3.48. The number of nitrogens with zero attached hydrogens (tertiary/aromatic N) is 5. The minimum atomic E-state index is -3.48. The molecule has 6 heterocycles. The molecule has 2 aliphatic heterocycles. The van der Waals surface area contributed by atoms with E-state index in [9.17, 15) is 13.2 Å². The van der Waals surface area contributed by atoms with Crippen LogP contribution in [0.4, 0.5) is 5.82 Å². The van der Waals surface area contributed by atoms with E-state index in [1.807, 2.05) is 43.3 Å². The van der Waals surface area contributed by atoms with Crippen molar-refractivity contribution in [2.45, 2.75) is 57.3 Å². The summed E-state index contributed by atoms with van der Waals surface area (Å²) in [6, 6.07) is 13.1. The van der Waals surface area contributed by atoms with Gasteiger partial charge in [0.05, 0.1) is 63.3 Å². The van der Waals surface area contributed by atoms with Gasteiger partial charge in [0.2, 0.25) is 0 Å². The number of nitrogens with one attached hydrogen (secondary N) is 1. The molecule has 1 amide bonds. The van der Waals surface area contributed by atoms with Crippen LogP contribution in [0.2, 0.25) is 0 Å². The third-order valence-corrected chi connectivity index (χ3v) is 9.55. The lowest BCUT2D eigenvalue weighted by Crippen LogP contribution is -2.45. The summed E-state index contributed by atoms with van der Waals surface area (Å²) < 4.78 is 31.4. The predicted octanol–water partition coefficient (Wildman–Crippen LogP) is 3.99. The molecule has 0 aliphatic carbocycles. The first-order chi connectivity index (χ1) is 20.1. The van der Waals surface area contributed by atoms with Crippen molar-refractivity contribution >= 4 is 32.5 Å². The van der Waals surface area contributed by atoms with Crippen molar-refractivity contribution in [3.05, 3.63) is 71.8 Å². The zero-order valence-electron chi connectivity index (χ0n) is 23.9. The quantitative estimate of drug-likeness (QED) is 0.369. The van der Waals surface area contributed by atoms with E-state index >= 15 is 0 Å². The fourth-order valence-electron chi connectivity index (χ4n) is 5.60. The summed E-state index contributed by atoms with van der Waals surface area (Å²) in [5.74, 6) is 0.770. The number of amides is 1. The van der Waals surface area contributed by atoms with Crippen LogP contribution < -0.4 is 10.2 Å². The molecule has 6 rings (SSSR count). The maximum atomic E-state index is 13.0. The number of carbonyl (C=O) groups is 1. The molecule has 1 N–H and O–H groups in total. The fraction of sp³-hybridized carbons (Fsp3) is 0.387. The van der Waals surface area contributed by atoms with Gasteiger partial charge in [-0.15, -0.1) is 0 Å². The van der Waals surface area contributed by atoms with Crippen molar-refractivity contribution in [2.24, 2.45) is 5.92 Å². The monoisotopic (exact) mass is 586 g/mol. The van der Waals surface area contributed by atoms with Gasteiger partial charge >= 0.3 is 0 Å². The molecule has 42 heavy (non-hydrogen) atoms. The van der Waals surface area contributed by atoms with Gasteiger partial charge in [-0.3, -0.25) is 14.8 Å². The minimum absolute atomic E-state index is 0.0648. The van der Waals surface area contributed by atoms with Gasteiger partial charge in [-0.05, 0) is 69.0 Å². The largest absolute Gasteiger partial charge is 0.372 e. The van der Waals surface area contributed by atoms with Crippen molar-refractivity contribution in [2.75, 3.05) is 23.7 Å². The maximum absolute atomic E-state index is 13.0. The summed E-state index contributed by atoms with van der Waals surface area (Å²) in [5.41, 5.74) is 3.62. The Morgan fingerprint density at radius 1 is 1.00 bits per heavy atom. The molecule has 0 aromatic carbocycles. The zero-order chi connectivity index (χ0) is 29.4. The van der Waals surface area contributed by atoms with E-state index in [0.717, 1.165) is 41.2 Å². The second-order valence-corrected chi connectivity index (χ2v) is 13.5. The molecule has 3 atom stereocenters. The number of morpholine rings is 1. The third-order valence-electron chi connectivity index (χ3n) is 7.75. The van der Waals surface area contributed by atoms with Gasteiger partial charge in [0.1, 0.15) is 5.82 Å². The Morgan fingerprint density at radius 2 is 1.79 bits per heavy atom. The first-order valence-electron chi connectivity index (χ1n) is 14.3. The number of ether oxygens (including phenoxy) is 1. The Bertz CT molecular complexity index is 1750. The van der Waals surface area contributed by atoms with Gasteiger partial charge in [-0.1, -0.05) is 13.0 Å². The summed E-state index contributed by atoms with van der Waals surface area (Å²) in [5, 5.41) is 3.71. The summed E-state index contributed by atoms with van der Waals surface area (Å²) in [4.78, 5) is 33.9. The second-order valence-electron chi connectivity index (χ2n) is 11.4. The Morgan fingerprint density at radius 3 is 2.60 bits per heavy atom. The standard InChI is InChI=1S/C31H34N6O4S/c1-19-9-10-42(39,40)29-12-23(15-33-28(29)11-19)31(38)34-16-24-13-27-22(14-32-24)7-8-26(35-27)25-5-4-6-30(36-25)37-17-20(2)41-21(3)18-37/h4-8,12-15,19-21H,9-11,16-18H2,1-3H3,(H,34,38)/t19?,20-,21+. The van der Waals surface area contributed by atoms with Crippen molar-refractivity contribution in [3.8, 4) is 11.4 Å². The third kappa shape index (κ3) is 5.98. The molecule has 0 bridgehead atoms. The number of anilines is 1. The molecule has 1 fully saturated rings. The first-order valence-corrected chi connectivity index (χ1v) is 15.9. The molecule has 1 saturated heterocycles. The van der Waals surface area contributed by atoms with E-state index in [1.54, 1.807) is 6.20 Å². The van der Waals surface area contributed by atoms with Crippen LogP contribution in [0.5, 0.6) is 0 Å². The second kappa shape index (κ2) is 11.4. The number of hydrogen-bond donors (Lipinski definition) is 1. The fourth-order valence-corrected chi connectivity index (χ4v) is 7.33. The first kappa shape index (κ1) is 28.2. The summed E-state index contributed by atoms with van der Waals surface area (Å²) in [6.07, 6.45) is 4.60. The topological polar surface area (TPSA) is 127 Å². The van der Waals surface area contributed by atoms with Gasteiger partial charge in [0, 0.05) is 30.9 Å². The number of pyridine rings is 4. The average Bonchev–Trinajstić information content (AvgIpc) is 3.09. The SMILES string of the molecule is CC1CCS(=O)(=O)c2cc(C(=O)NCc3cc4nc(-c5cccc(N6C[C@@H](C)O[C@@H](C)C6)n5)ccc4cn3)cnc2C1. The molecule has 11 heteroatoms. The number of fused-ring (bicyclic) bond motifs is 2. The normalized spacial score (nSPS) is 21.9.